The third-order valence-electron chi connectivity index (χ3n) is 1.39. The van der Waals surface area contributed by atoms with Gasteiger partial charge in [-0.1, -0.05) is 0 Å². The van der Waals surface area contributed by atoms with Crippen LogP contribution in [0.3, 0.4) is 0 Å². The monoisotopic (exact) mass is 215 g/mol. The minimum absolute atomic E-state index is 0.148. The minimum Gasteiger partial charge on any atom is -0.465 e. The minimum atomic E-state index is -0.512. The number of isocyanates is 1. The molecule has 0 aliphatic rings. The van der Waals surface area contributed by atoms with E-state index in [1.54, 1.807) is 6.92 Å². The van der Waals surface area contributed by atoms with Gasteiger partial charge in [-0.2, -0.15) is 4.99 Å². The van der Waals surface area contributed by atoms with E-state index in [1.165, 1.54) is 13.1 Å². The average molecular weight is 215 g/mol. The zero-order valence-electron chi connectivity index (χ0n) is 8.65. The van der Waals surface area contributed by atoms with Gasteiger partial charge in [0.1, 0.15) is 13.2 Å². The number of esters is 1. The maximum atomic E-state index is 11.2. The Hall–Kier alpha value is -1.88. The van der Waals surface area contributed by atoms with Crippen molar-refractivity contribution in [3.05, 3.63) is 0 Å². The molecule has 0 rings (SSSR count). The van der Waals surface area contributed by atoms with Gasteiger partial charge in [0, 0.05) is 7.05 Å². The second kappa shape index (κ2) is 7.52. The smallest absolute Gasteiger partial charge is 0.325 e. The summed E-state index contributed by atoms with van der Waals surface area (Å²) < 4.78 is 4.64. The summed E-state index contributed by atoms with van der Waals surface area (Å²) in [6.07, 6.45) is 1.27. The van der Waals surface area contributed by atoms with E-state index < -0.39 is 12.0 Å². The van der Waals surface area contributed by atoms with Crippen molar-refractivity contribution in [1.82, 2.24) is 10.2 Å². The van der Waals surface area contributed by atoms with Crippen molar-refractivity contribution in [2.45, 2.75) is 6.92 Å². The molecular formula is C8H13N3O4. The van der Waals surface area contributed by atoms with E-state index in [-0.39, 0.29) is 19.8 Å². The third kappa shape index (κ3) is 6.23. The van der Waals surface area contributed by atoms with Gasteiger partial charge >= 0.3 is 12.0 Å². The van der Waals surface area contributed by atoms with Gasteiger partial charge in [-0.3, -0.25) is 4.79 Å². The first-order valence-electron chi connectivity index (χ1n) is 4.30. The molecule has 0 saturated carbocycles. The van der Waals surface area contributed by atoms with Crippen LogP contribution in [0.25, 0.3) is 0 Å². The van der Waals surface area contributed by atoms with Gasteiger partial charge in [0.25, 0.3) is 0 Å². The number of rotatable bonds is 5. The zero-order chi connectivity index (χ0) is 11.7. The molecule has 7 nitrogen and oxygen atoms in total. The molecule has 0 heterocycles. The van der Waals surface area contributed by atoms with Crippen molar-refractivity contribution in [1.29, 1.82) is 0 Å². The fourth-order valence-electron chi connectivity index (χ4n) is 0.746. The highest BCUT2D eigenvalue weighted by atomic mass is 16.5. The first-order chi connectivity index (χ1) is 7.11. The normalized spacial score (nSPS) is 8.67. The van der Waals surface area contributed by atoms with Crippen LogP contribution in [0.15, 0.2) is 4.99 Å². The topological polar surface area (TPSA) is 88.1 Å². The summed E-state index contributed by atoms with van der Waals surface area (Å²) in [6, 6.07) is -0.512. The maximum Gasteiger partial charge on any atom is 0.325 e. The summed E-state index contributed by atoms with van der Waals surface area (Å²) >= 11 is 0. The molecule has 0 aromatic rings. The quantitative estimate of drug-likeness (QED) is 0.380. The van der Waals surface area contributed by atoms with E-state index in [9.17, 15) is 14.4 Å². The highest BCUT2D eigenvalue weighted by Gasteiger charge is 2.12. The summed E-state index contributed by atoms with van der Waals surface area (Å²) in [4.78, 5) is 36.1. The molecule has 84 valence electrons. The van der Waals surface area contributed by atoms with Gasteiger partial charge in [0.2, 0.25) is 6.08 Å². The van der Waals surface area contributed by atoms with Crippen molar-refractivity contribution in [3.63, 3.8) is 0 Å². The number of amides is 2. The second-order valence-corrected chi connectivity index (χ2v) is 2.55. The molecule has 0 unspecified atom stereocenters. The number of carbonyl (C=O) groups excluding carboxylic acids is 3. The number of nitrogens with one attached hydrogen (secondary N) is 1. The molecule has 7 heteroatoms. The molecule has 0 radical (unpaired) electrons. The van der Waals surface area contributed by atoms with Crippen molar-refractivity contribution in [2.75, 3.05) is 26.9 Å². The molecule has 15 heavy (non-hydrogen) atoms. The summed E-state index contributed by atoms with van der Waals surface area (Å²) in [5.41, 5.74) is 0. The number of nitrogens with zero attached hydrogens (tertiary/aromatic N) is 2. The Morgan fingerprint density at radius 2 is 2.20 bits per heavy atom. The number of hydrogen-bond donors (Lipinski definition) is 1. The van der Waals surface area contributed by atoms with Crippen LogP contribution in [0.4, 0.5) is 4.79 Å². The van der Waals surface area contributed by atoms with Crippen LogP contribution in [0.2, 0.25) is 0 Å². The van der Waals surface area contributed by atoms with Crippen LogP contribution in [0.1, 0.15) is 6.92 Å². The molecule has 0 spiro atoms. The van der Waals surface area contributed by atoms with Gasteiger partial charge in [-0.25, -0.2) is 9.59 Å². The molecule has 0 atom stereocenters. The van der Waals surface area contributed by atoms with E-state index in [0.29, 0.717) is 0 Å². The Balaban J connectivity index is 3.87. The first-order valence-corrected chi connectivity index (χ1v) is 4.30. The largest absolute Gasteiger partial charge is 0.465 e. The number of aliphatic imine (C=N–C) groups is 1. The first kappa shape index (κ1) is 13.1. The number of carbonyl (C=O) groups is 2. The number of ether oxygens (including phenoxy) is 1. The number of urea groups is 1. The molecule has 0 fully saturated rings. The number of hydrogen-bond acceptors (Lipinski definition) is 5. The lowest BCUT2D eigenvalue weighted by Crippen LogP contribution is -2.40. The second-order valence-electron chi connectivity index (χ2n) is 2.55. The van der Waals surface area contributed by atoms with E-state index in [4.69, 9.17) is 0 Å². The third-order valence-corrected chi connectivity index (χ3v) is 1.39. The molecule has 2 amide bonds. The van der Waals surface area contributed by atoms with Crippen molar-refractivity contribution < 1.29 is 19.1 Å². The summed E-state index contributed by atoms with van der Waals surface area (Å²) in [7, 11) is 1.43. The fourth-order valence-corrected chi connectivity index (χ4v) is 0.746. The van der Waals surface area contributed by atoms with Gasteiger partial charge in [-0.05, 0) is 6.92 Å². The highest BCUT2D eigenvalue weighted by molar-refractivity contribution is 5.80. The van der Waals surface area contributed by atoms with Crippen LogP contribution in [-0.2, 0) is 14.3 Å². The lowest BCUT2D eigenvalue weighted by Gasteiger charge is -2.15. The van der Waals surface area contributed by atoms with E-state index >= 15 is 0 Å². The maximum absolute atomic E-state index is 11.2. The van der Waals surface area contributed by atoms with Crippen LogP contribution >= 0.6 is 0 Å². The Morgan fingerprint density at radius 3 is 2.73 bits per heavy atom. The van der Waals surface area contributed by atoms with Crippen LogP contribution < -0.4 is 5.32 Å². The van der Waals surface area contributed by atoms with Crippen LogP contribution in [0.5, 0.6) is 0 Å². The molecule has 1 N–H and O–H groups in total. The van der Waals surface area contributed by atoms with Crippen LogP contribution in [-0.4, -0.2) is 49.8 Å². The Morgan fingerprint density at radius 1 is 1.53 bits per heavy atom. The molecule has 0 aromatic heterocycles. The van der Waals surface area contributed by atoms with Gasteiger partial charge in [0.15, 0.2) is 0 Å². The van der Waals surface area contributed by atoms with Crippen molar-refractivity contribution in [3.8, 4) is 0 Å². The summed E-state index contributed by atoms with van der Waals surface area (Å²) in [5.74, 6) is -0.492. The zero-order valence-corrected chi connectivity index (χ0v) is 8.65. The highest BCUT2D eigenvalue weighted by Crippen LogP contribution is 1.87. The van der Waals surface area contributed by atoms with Crippen LogP contribution in [0, 0.1) is 0 Å². The van der Waals surface area contributed by atoms with E-state index in [1.807, 2.05) is 0 Å². The molecule has 0 aliphatic carbocycles. The fraction of sp³-hybridized carbons (Fsp3) is 0.625. The summed E-state index contributed by atoms with van der Waals surface area (Å²) in [6.45, 7) is 1.64. The Bertz CT molecular complexity index is 273. The Kier molecular flexibility index (Phi) is 6.57. The lowest BCUT2D eigenvalue weighted by molar-refractivity contribution is -0.143. The van der Waals surface area contributed by atoms with Crippen molar-refractivity contribution in [2.24, 2.45) is 4.99 Å². The van der Waals surface area contributed by atoms with Gasteiger partial charge in [-0.15, -0.1) is 0 Å². The molecule has 0 saturated heterocycles. The molecular weight excluding hydrogens is 202 g/mol. The summed E-state index contributed by atoms with van der Waals surface area (Å²) in [5, 5.41) is 2.28. The molecule has 0 aromatic carbocycles. The SMILES string of the molecule is CCOC(=O)CN(C)C(=O)NCN=C=O. The Labute approximate surface area is 87.1 Å². The van der Waals surface area contributed by atoms with E-state index in [2.05, 4.69) is 15.0 Å². The van der Waals surface area contributed by atoms with Gasteiger partial charge in [0.05, 0.1) is 6.61 Å². The molecule has 0 bridgehead atoms. The predicted octanol–water partition coefficient (Wildman–Crippen LogP) is -0.516. The van der Waals surface area contributed by atoms with Gasteiger partial charge < -0.3 is 15.0 Å². The average Bonchev–Trinajstić information content (AvgIpc) is 2.18. The standard InChI is InChI=1S/C8H13N3O4/c1-3-15-7(13)4-11(2)8(14)10-5-9-6-12/h3-5H2,1-2H3,(H,10,14). The molecule has 0 aliphatic heterocycles. The lowest BCUT2D eigenvalue weighted by atomic mass is 10.6. The predicted molar refractivity (Wildman–Crippen MR) is 50.8 cm³/mol. The number of likely N-dealkylation sites (N-methyl/N-ethyl adjacent to an activating group) is 1. The van der Waals surface area contributed by atoms with E-state index in [0.717, 1.165) is 4.90 Å². The van der Waals surface area contributed by atoms with Crippen molar-refractivity contribution >= 4 is 18.1 Å².